The van der Waals surface area contributed by atoms with Crippen molar-refractivity contribution in [3.05, 3.63) is 29.8 Å². The van der Waals surface area contributed by atoms with Gasteiger partial charge in [0.2, 0.25) is 5.91 Å². The summed E-state index contributed by atoms with van der Waals surface area (Å²) in [6, 6.07) is 7.09. The number of phenolic OH excluding ortho intramolecular Hbond substituents is 1. The molecule has 0 bridgehead atoms. The van der Waals surface area contributed by atoms with Crippen LogP contribution in [0.4, 0.5) is 0 Å². The minimum Gasteiger partial charge on any atom is -0.508 e. The van der Waals surface area contributed by atoms with Crippen molar-refractivity contribution in [3.8, 4) is 5.75 Å². The van der Waals surface area contributed by atoms with Crippen LogP contribution in [0.5, 0.6) is 5.75 Å². The highest BCUT2D eigenvalue weighted by molar-refractivity contribution is 5.82. The summed E-state index contributed by atoms with van der Waals surface area (Å²) in [5.74, 6) is 0.369. The fourth-order valence-electron chi connectivity index (χ4n) is 3.27. The van der Waals surface area contributed by atoms with Gasteiger partial charge in [-0.25, -0.2) is 0 Å². The highest BCUT2D eigenvalue weighted by Gasteiger charge is 2.31. The van der Waals surface area contributed by atoms with E-state index >= 15 is 0 Å². The molecular weight excluding hydrogens is 308 g/mol. The Morgan fingerprint density at radius 3 is 2.50 bits per heavy atom. The van der Waals surface area contributed by atoms with Gasteiger partial charge in [-0.3, -0.25) is 9.59 Å². The van der Waals surface area contributed by atoms with Crippen molar-refractivity contribution in [2.24, 2.45) is 0 Å². The molecule has 3 rings (SSSR count). The lowest BCUT2D eigenvalue weighted by Crippen LogP contribution is -2.52. The first-order valence-corrected chi connectivity index (χ1v) is 8.60. The van der Waals surface area contributed by atoms with E-state index in [1.165, 1.54) is 0 Å². The van der Waals surface area contributed by atoms with Crippen LogP contribution in [0.1, 0.15) is 24.8 Å². The summed E-state index contributed by atoms with van der Waals surface area (Å²) in [5.41, 5.74) is 0.790. The first kappa shape index (κ1) is 16.8. The van der Waals surface area contributed by atoms with Gasteiger partial charge in [0.25, 0.3) is 5.91 Å². The van der Waals surface area contributed by atoms with Crippen LogP contribution < -0.4 is 0 Å². The average molecular weight is 332 g/mol. The molecule has 2 saturated heterocycles. The zero-order valence-corrected chi connectivity index (χ0v) is 13.8. The van der Waals surface area contributed by atoms with E-state index in [0.717, 1.165) is 18.4 Å². The molecule has 2 heterocycles. The van der Waals surface area contributed by atoms with Crippen LogP contribution in [0.2, 0.25) is 0 Å². The Bertz CT molecular complexity index is 590. The lowest BCUT2D eigenvalue weighted by molar-refractivity contribution is -0.146. The fraction of sp³-hybridized carbons (Fsp3) is 0.556. The van der Waals surface area contributed by atoms with E-state index in [2.05, 4.69) is 0 Å². The van der Waals surface area contributed by atoms with Gasteiger partial charge in [-0.1, -0.05) is 18.2 Å². The third-order valence-electron chi connectivity index (χ3n) is 4.75. The molecule has 6 heteroatoms. The van der Waals surface area contributed by atoms with E-state index in [9.17, 15) is 14.7 Å². The number of aryl methyl sites for hydroxylation is 1. The van der Waals surface area contributed by atoms with Crippen molar-refractivity contribution in [3.63, 3.8) is 0 Å². The number of hydrogen-bond donors (Lipinski definition) is 1. The van der Waals surface area contributed by atoms with Crippen LogP contribution in [0.3, 0.4) is 0 Å². The Morgan fingerprint density at radius 2 is 1.83 bits per heavy atom. The van der Waals surface area contributed by atoms with Crippen molar-refractivity contribution < 1.29 is 19.4 Å². The normalized spacial score (nSPS) is 21.1. The fourth-order valence-corrected chi connectivity index (χ4v) is 3.27. The Hall–Kier alpha value is -2.08. The van der Waals surface area contributed by atoms with Crippen LogP contribution in [0.15, 0.2) is 24.3 Å². The molecule has 1 unspecified atom stereocenters. The van der Waals surface area contributed by atoms with Gasteiger partial charge < -0.3 is 19.6 Å². The van der Waals surface area contributed by atoms with E-state index < -0.39 is 0 Å². The highest BCUT2D eigenvalue weighted by Crippen LogP contribution is 2.19. The van der Waals surface area contributed by atoms with Gasteiger partial charge in [-0.05, 0) is 30.9 Å². The molecule has 1 aromatic rings. The third-order valence-corrected chi connectivity index (χ3v) is 4.75. The SMILES string of the molecule is O=C(CCc1ccccc1O)N1CCN(C(=O)C2CCCO2)CC1. The number of hydrogen-bond acceptors (Lipinski definition) is 4. The summed E-state index contributed by atoms with van der Waals surface area (Å²) < 4.78 is 5.45. The molecule has 0 aromatic heterocycles. The number of ether oxygens (including phenoxy) is 1. The number of amides is 2. The maximum atomic E-state index is 12.3. The van der Waals surface area contributed by atoms with Crippen molar-refractivity contribution in [2.45, 2.75) is 31.8 Å². The van der Waals surface area contributed by atoms with Crippen LogP contribution in [-0.2, 0) is 20.7 Å². The summed E-state index contributed by atoms with van der Waals surface area (Å²) in [6.45, 7) is 2.94. The molecule has 6 nitrogen and oxygen atoms in total. The molecule has 2 aliphatic heterocycles. The summed E-state index contributed by atoms with van der Waals surface area (Å²) in [5, 5.41) is 9.75. The molecule has 2 amide bonds. The lowest BCUT2D eigenvalue weighted by Gasteiger charge is -2.35. The standard InChI is InChI=1S/C18H24N2O4/c21-15-5-2-1-4-14(15)7-8-17(22)19-9-11-20(12-10-19)18(23)16-6-3-13-24-16/h1-2,4-5,16,21H,3,6-13H2. The summed E-state index contributed by atoms with van der Waals surface area (Å²) in [6.07, 6.45) is 2.37. The Balaban J connectivity index is 1.45. The number of benzene rings is 1. The van der Waals surface area contributed by atoms with E-state index in [-0.39, 0.29) is 23.7 Å². The zero-order chi connectivity index (χ0) is 16.9. The second kappa shape index (κ2) is 7.66. The molecule has 1 aromatic carbocycles. The predicted molar refractivity (Wildman–Crippen MR) is 88.6 cm³/mol. The van der Waals surface area contributed by atoms with Crippen molar-refractivity contribution in [1.29, 1.82) is 0 Å². The van der Waals surface area contributed by atoms with Gasteiger partial charge in [-0.2, -0.15) is 0 Å². The number of rotatable bonds is 4. The minimum absolute atomic E-state index is 0.0637. The number of para-hydroxylation sites is 1. The molecule has 24 heavy (non-hydrogen) atoms. The van der Waals surface area contributed by atoms with Crippen LogP contribution in [-0.4, -0.2) is 65.6 Å². The average Bonchev–Trinajstić information content (AvgIpc) is 3.15. The summed E-state index contributed by atoms with van der Waals surface area (Å²) in [7, 11) is 0. The van der Waals surface area contributed by atoms with E-state index in [1.54, 1.807) is 17.0 Å². The van der Waals surface area contributed by atoms with Gasteiger partial charge in [-0.15, -0.1) is 0 Å². The van der Waals surface area contributed by atoms with E-state index in [1.807, 2.05) is 17.0 Å². The topological polar surface area (TPSA) is 70.1 Å². The van der Waals surface area contributed by atoms with Gasteiger partial charge >= 0.3 is 0 Å². The van der Waals surface area contributed by atoms with Crippen molar-refractivity contribution >= 4 is 11.8 Å². The van der Waals surface area contributed by atoms with Crippen molar-refractivity contribution in [1.82, 2.24) is 9.80 Å². The molecule has 1 atom stereocenters. The zero-order valence-electron chi connectivity index (χ0n) is 13.8. The molecule has 0 aliphatic carbocycles. The maximum Gasteiger partial charge on any atom is 0.251 e. The minimum atomic E-state index is -0.284. The van der Waals surface area contributed by atoms with Gasteiger partial charge in [0.05, 0.1) is 0 Å². The van der Waals surface area contributed by atoms with Crippen LogP contribution in [0, 0.1) is 0 Å². The van der Waals surface area contributed by atoms with Gasteiger partial charge in [0.15, 0.2) is 0 Å². The molecular formula is C18H24N2O4. The van der Waals surface area contributed by atoms with Crippen LogP contribution in [0.25, 0.3) is 0 Å². The predicted octanol–water partition coefficient (Wildman–Crippen LogP) is 1.17. The number of nitrogens with zero attached hydrogens (tertiary/aromatic N) is 2. The second-order valence-corrected chi connectivity index (χ2v) is 6.34. The number of carbonyl (C=O) groups excluding carboxylic acids is 2. The number of aromatic hydroxyl groups is 1. The van der Waals surface area contributed by atoms with E-state index in [0.29, 0.717) is 45.6 Å². The molecule has 0 radical (unpaired) electrons. The summed E-state index contributed by atoms with van der Waals surface area (Å²) >= 11 is 0. The first-order chi connectivity index (χ1) is 11.6. The highest BCUT2D eigenvalue weighted by atomic mass is 16.5. The number of phenols is 1. The largest absolute Gasteiger partial charge is 0.508 e. The maximum absolute atomic E-state index is 12.3. The summed E-state index contributed by atoms with van der Waals surface area (Å²) in [4.78, 5) is 28.2. The molecule has 0 saturated carbocycles. The van der Waals surface area contributed by atoms with Crippen LogP contribution >= 0.6 is 0 Å². The molecule has 130 valence electrons. The van der Waals surface area contributed by atoms with Gasteiger partial charge in [0, 0.05) is 39.2 Å². The van der Waals surface area contributed by atoms with Crippen molar-refractivity contribution in [2.75, 3.05) is 32.8 Å². The quantitative estimate of drug-likeness (QED) is 0.899. The smallest absolute Gasteiger partial charge is 0.251 e. The van der Waals surface area contributed by atoms with E-state index in [4.69, 9.17) is 4.74 Å². The number of carbonyl (C=O) groups is 2. The molecule has 0 spiro atoms. The molecule has 2 aliphatic rings. The first-order valence-electron chi connectivity index (χ1n) is 8.60. The monoisotopic (exact) mass is 332 g/mol. The third kappa shape index (κ3) is 3.87. The Kier molecular flexibility index (Phi) is 5.35. The molecule has 1 N–H and O–H groups in total. The number of piperazine rings is 1. The Morgan fingerprint density at radius 1 is 1.12 bits per heavy atom. The lowest BCUT2D eigenvalue weighted by atomic mass is 10.1. The molecule has 2 fully saturated rings. The Labute approximate surface area is 142 Å². The van der Waals surface area contributed by atoms with Gasteiger partial charge in [0.1, 0.15) is 11.9 Å². The second-order valence-electron chi connectivity index (χ2n) is 6.34.